The van der Waals surface area contributed by atoms with Gasteiger partial charge in [0.1, 0.15) is 0 Å². The van der Waals surface area contributed by atoms with E-state index >= 15 is 0 Å². The molecule has 0 spiro atoms. The Morgan fingerprint density at radius 1 is 0.357 bits per heavy atom. The average Bonchev–Trinajstić information content (AvgIpc) is 3.36. The zero-order valence-corrected chi connectivity index (χ0v) is 46.3. The van der Waals surface area contributed by atoms with E-state index in [1.54, 1.807) is 6.08 Å². The van der Waals surface area contributed by atoms with Crippen molar-refractivity contribution in [3.8, 4) is 0 Å². The standard InChI is InChI=1S/C66H115NO3/c1-3-5-7-9-11-13-15-17-19-21-23-24-25-26-27-28-29-30-31-32-33-34-35-36-37-38-39-40-41-42-44-46-48-50-52-54-56-58-60-62-66(70)67-64(63-68)65(69)61-59-57-55-53-51-49-47-45-43-22-20-18-16-14-12-10-8-6-4-2/h5,7,11,13,17,19,23-24,26-27,29-30,32-33,51,53,59,61,64-65,68-69H,3-4,6,8-10,12,14-16,18,20-22,25,28,31,34-50,52,54-58,60,62-63H2,1-2H3,(H,67,70)/b7-5-,13-11-,19-17-,24-23-,27-26-,30-29-,33-32-,53-51+,61-59+. The molecule has 0 aliphatic heterocycles. The van der Waals surface area contributed by atoms with Crippen molar-refractivity contribution in [1.29, 1.82) is 0 Å². The first kappa shape index (κ1) is 67.0. The molecular formula is C66H115NO3. The van der Waals surface area contributed by atoms with Gasteiger partial charge in [0.25, 0.3) is 0 Å². The Hall–Kier alpha value is -2.95. The lowest BCUT2D eigenvalue weighted by Crippen LogP contribution is -2.45. The molecule has 0 rings (SSSR count). The monoisotopic (exact) mass is 970 g/mol. The third kappa shape index (κ3) is 56.0. The minimum atomic E-state index is -0.867. The van der Waals surface area contributed by atoms with Crippen LogP contribution in [0.25, 0.3) is 0 Å². The minimum absolute atomic E-state index is 0.0741. The van der Waals surface area contributed by atoms with Crippen molar-refractivity contribution < 1.29 is 15.0 Å². The number of aliphatic hydroxyl groups is 2. The molecule has 2 atom stereocenters. The molecule has 1 amide bonds. The topological polar surface area (TPSA) is 69.6 Å². The maximum absolute atomic E-state index is 12.5. The van der Waals surface area contributed by atoms with Gasteiger partial charge < -0.3 is 15.5 Å². The van der Waals surface area contributed by atoms with Crippen LogP contribution in [0.3, 0.4) is 0 Å². The molecule has 4 heteroatoms. The predicted octanol–water partition coefficient (Wildman–Crippen LogP) is 20.3. The molecule has 0 fully saturated rings. The first-order valence-corrected chi connectivity index (χ1v) is 30.1. The predicted molar refractivity (Wildman–Crippen MR) is 313 cm³/mol. The van der Waals surface area contributed by atoms with E-state index in [-0.39, 0.29) is 12.5 Å². The smallest absolute Gasteiger partial charge is 0.220 e. The summed E-state index contributed by atoms with van der Waals surface area (Å²) in [4.78, 5) is 12.5. The fraction of sp³-hybridized carbons (Fsp3) is 0.712. The summed E-state index contributed by atoms with van der Waals surface area (Å²) in [5.41, 5.74) is 0. The maximum atomic E-state index is 12.5. The van der Waals surface area contributed by atoms with E-state index < -0.39 is 12.1 Å². The minimum Gasteiger partial charge on any atom is -0.394 e. The molecule has 3 N–H and O–H groups in total. The summed E-state index contributed by atoms with van der Waals surface area (Å²) in [5.74, 6) is -0.0741. The Morgan fingerprint density at radius 3 is 1.00 bits per heavy atom. The van der Waals surface area contributed by atoms with Crippen molar-refractivity contribution in [2.75, 3.05) is 6.61 Å². The summed E-state index contributed by atoms with van der Waals surface area (Å²) >= 11 is 0. The van der Waals surface area contributed by atoms with Gasteiger partial charge in [-0.25, -0.2) is 0 Å². The number of carbonyl (C=O) groups is 1. The third-order valence-electron chi connectivity index (χ3n) is 13.2. The van der Waals surface area contributed by atoms with E-state index in [4.69, 9.17) is 0 Å². The van der Waals surface area contributed by atoms with Crippen molar-refractivity contribution >= 4 is 5.91 Å². The number of aliphatic hydroxyl groups excluding tert-OH is 2. The number of unbranched alkanes of at least 4 members (excludes halogenated alkanes) is 31. The Kier molecular flexibility index (Phi) is 57.8. The van der Waals surface area contributed by atoms with Gasteiger partial charge in [0.05, 0.1) is 18.8 Å². The quantitative estimate of drug-likeness (QED) is 0.0420. The SMILES string of the molecule is CC/C=C\C/C=C\C/C=C\C/C=C\C/C=C\C/C=C\C/C=C\CCCCCCCCCCCCCCCCCCCC(=O)NC(CO)C(O)/C=C/CC/C=C/CCCCCCCCCCCCCCC. The molecule has 0 aromatic carbocycles. The van der Waals surface area contributed by atoms with Gasteiger partial charge in [-0.3, -0.25) is 4.79 Å². The van der Waals surface area contributed by atoms with Crippen LogP contribution in [0.2, 0.25) is 0 Å². The highest BCUT2D eigenvalue weighted by Gasteiger charge is 2.18. The van der Waals surface area contributed by atoms with Crippen molar-refractivity contribution in [3.63, 3.8) is 0 Å². The van der Waals surface area contributed by atoms with Crippen molar-refractivity contribution in [3.05, 3.63) is 109 Å². The molecule has 2 unspecified atom stereocenters. The second-order valence-electron chi connectivity index (χ2n) is 20.0. The highest BCUT2D eigenvalue weighted by atomic mass is 16.3. The summed E-state index contributed by atoms with van der Waals surface area (Å²) < 4.78 is 0. The van der Waals surface area contributed by atoms with Crippen LogP contribution < -0.4 is 5.32 Å². The summed E-state index contributed by atoms with van der Waals surface area (Å²) in [7, 11) is 0. The third-order valence-corrected chi connectivity index (χ3v) is 13.2. The van der Waals surface area contributed by atoms with Crippen LogP contribution in [0, 0.1) is 0 Å². The average molecular weight is 971 g/mol. The highest BCUT2D eigenvalue weighted by molar-refractivity contribution is 5.76. The van der Waals surface area contributed by atoms with Crippen LogP contribution in [-0.2, 0) is 4.79 Å². The molecule has 0 bridgehead atoms. The maximum Gasteiger partial charge on any atom is 0.220 e. The molecule has 0 radical (unpaired) electrons. The summed E-state index contributed by atoms with van der Waals surface area (Å²) in [5, 5.41) is 23.2. The summed E-state index contributed by atoms with van der Waals surface area (Å²) in [6.07, 6.45) is 91.2. The molecule has 4 nitrogen and oxygen atoms in total. The van der Waals surface area contributed by atoms with E-state index in [1.165, 1.54) is 186 Å². The van der Waals surface area contributed by atoms with E-state index in [1.807, 2.05) is 6.08 Å². The molecule has 0 aliphatic carbocycles. The van der Waals surface area contributed by atoms with E-state index in [9.17, 15) is 15.0 Å². The molecule has 0 aromatic rings. The molecule has 0 aliphatic rings. The Bertz CT molecular complexity index is 1330. The van der Waals surface area contributed by atoms with Gasteiger partial charge in [-0.1, -0.05) is 297 Å². The number of allylic oxidation sites excluding steroid dienone is 17. The number of carbonyl (C=O) groups excluding carboxylic acids is 1. The van der Waals surface area contributed by atoms with Crippen molar-refractivity contribution in [2.45, 2.75) is 296 Å². The second kappa shape index (κ2) is 60.4. The van der Waals surface area contributed by atoms with Gasteiger partial charge in [-0.05, 0) is 89.9 Å². The second-order valence-corrected chi connectivity index (χ2v) is 20.0. The lowest BCUT2D eigenvalue weighted by molar-refractivity contribution is -0.123. The molecule has 0 aromatic heterocycles. The van der Waals surface area contributed by atoms with Crippen LogP contribution in [-0.4, -0.2) is 34.9 Å². The van der Waals surface area contributed by atoms with Crippen LogP contribution in [0.5, 0.6) is 0 Å². The van der Waals surface area contributed by atoms with E-state index in [0.29, 0.717) is 6.42 Å². The fourth-order valence-corrected chi connectivity index (χ4v) is 8.71. The van der Waals surface area contributed by atoms with Crippen molar-refractivity contribution in [1.82, 2.24) is 5.32 Å². The van der Waals surface area contributed by atoms with E-state index in [2.05, 4.69) is 116 Å². The van der Waals surface area contributed by atoms with Gasteiger partial charge in [-0.2, -0.15) is 0 Å². The first-order chi connectivity index (χ1) is 34.7. The van der Waals surface area contributed by atoms with Crippen LogP contribution >= 0.6 is 0 Å². The lowest BCUT2D eigenvalue weighted by atomic mass is 10.0. The zero-order valence-electron chi connectivity index (χ0n) is 46.3. The van der Waals surface area contributed by atoms with Crippen LogP contribution in [0.4, 0.5) is 0 Å². The Labute approximate surface area is 436 Å². The van der Waals surface area contributed by atoms with Crippen LogP contribution in [0.1, 0.15) is 284 Å². The van der Waals surface area contributed by atoms with Gasteiger partial charge in [0, 0.05) is 6.42 Å². The summed E-state index contributed by atoms with van der Waals surface area (Å²) in [6, 6.07) is -0.644. The number of amides is 1. The summed E-state index contributed by atoms with van der Waals surface area (Å²) in [6.45, 7) is 4.19. The van der Waals surface area contributed by atoms with Crippen molar-refractivity contribution in [2.24, 2.45) is 0 Å². The molecule has 0 saturated carbocycles. The fourth-order valence-electron chi connectivity index (χ4n) is 8.71. The molecule has 0 saturated heterocycles. The molecule has 0 heterocycles. The van der Waals surface area contributed by atoms with Gasteiger partial charge in [0.2, 0.25) is 5.91 Å². The number of nitrogens with one attached hydrogen (secondary N) is 1. The van der Waals surface area contributed by atoms with Gasteiger partial charge in [0.15, 0.2) is 0 Å². The normalized spacial score (nSPS) is 13.6. The number of hydrogen-bond acceptors (Lipinski definition) is 3. The zero-order chi connectivity index (χ0) is 50.6. The molecule has 70 heavy (non-hydrogen) atoms. The molecular weight excluding hydrogens is 855 g/mol. The van der Waals surface area contributed by atoms with Gasteiger partial charge in [-0.15, -0.1) is 0 Å². The highest BCUT2D eigenvalue weighted by Crippen LogP contribution is 2.16. The molecule has 402 valence electrons. The Balaban J connectivity index is 3.53. The first-order valence-electron chi connectivity index (χ1n) is 30.1. The Morgan fingerprint density at radius 2 is 0.643 bits per heavy atom. The van der Waals surface area contributed by atoms with Gasteiger partial charge >= 0.3 is 0 Å². The number of hydrogen-bond donors (Lipinski definition) is 3. The lowest BCUT2D eigenvalue weighted by Gasteiger charge is -2.19. The van der Waals surface area contributed by atoms with Crippen LogP contribution in [0.15, 0.2) is 109 Å². The van der Waals surface area contributed by atoms with E-state index in [0.717, 1.165) is 77.0 Å². The number of rotatable bonds is 54. The largest absolute Gasteiger partial charge is 0.394 e.